The van der Waals surface area contributed by atoms with Gasteiger partial charge in [-0.2, -0.15) is 0 Å². The first-order valence-electron chi connectivity index (χ1n) is 7.77. The van der Waals surface area contributed by atoms with Crippen molar-refractivity contribution in [3.8, 4) is 5.75 Å². The molecule has 0 aliphatic heterocycles. The first-order chi connectivity index (χ1) is 9.70. The number of amides is 1. The third-order valence-corrected chi connectivity index (χ3v) is 3.83. The lowest BCUT2D eigenvalue weighted by molar-refractivity contribution is -0.127. The Morgan fingerprint density at radius 1 is 1.30 bits per heavy atom. The van der Waals surface area contributed by atoms with Gasteiger partial charge in [0.2, 0.25) is 0 Å². The van der Waals surface area contributed by atoms with Crippen LogP contribution in [0.15, 0.2) is 18.2 Å². The second-order valence-electron chi connectivity index (χ2n) is 5.54. The average molecular weight is 275 g/mol. The van der Waals surface area contributed by atoms with E-state index in [4.69, 9.17) is 4.74 Å². The van der Waals surface area contributed by atoms with Crippen LogP contribution in [0.5, 0.6) is 5.75 Å². The summed E-state index contributed by atoms with van der Waals surface area (Å²) in [5.41, 5.74) is 2.82. The van der Waals surface area contributed by atoms with Crippen molar-refractivity contribution in [3.63, 3.8) is 0 Å². The molecule has 0 saturated carbocycles. The van der Waals surface area contributed by atoms with Gasteiger partial charge in [0.1, 0.15) is 5.75 Å². The van der Waals surface area contributed by atoms with Gasteiger partial charge in [0, 0.05) is 6.54 Å². The number of unbranched alkanes of at least 4 members (excludes halogenated alkanes) is 1. The molecule has 1 aromatic carbocycles. The van der Waals surface area contributed by atoms with Gasteiger partial charge in [0.15, 0.2) is 6.10 Å². The van der Waals surface area contributed by atoms with Gasteiger partial charge in [-0.05, 0) is 62.3 Å². The zero-order valence-corrected chi connectivity index (χ0v) is 12.6. The zero-order valence-electron chi connectivity index (χ0n) is 12.6. The highest BCUT2D eigenvalue weighted by Crippen LogP contribution is 2.25. The largest absolute Gasteiger partial charge is 0.481 e. The smallest absolute Gasteiger partial charge is 0.260 e. The second-order valence-corrected chi connectivity index (χ2v) is 5.54. The molecule has 3 heteroatoms. The number of carbonyl (C=O) groups excluding carboxylic acids is 1. The van der Waals surface area contributed by atoms with Crippen LogP contribution in [-0.2, 0) is 17.6 Å². The van der Waals surface area contributed by atoms with Crippen molar-refractivity contribution in [2.45, 2.75) is 58.5 Å². The molecule has 0 heterocycles. The summed E-state index contributed by atoms with van der Waals surface area (Å²) in [6, 6.07) is 6.23. The topological polar surface area (TPSA) is 38.3 Å². The molecule has 1 unspecified atom stereocenters. The van der Waals surface area contributed by atoms with Crippen LogP contribution >= 0.6 is 0 Å². The van der Waals surface area contributed by atoms with E-state index in [1.165, 1.54) is 30.4 Å². The van der Waals surface area contributed by atoms with E-state index in [9.17, 15) is 4.79 Å². The van der Waals surface area contributed by atoms with E-state index >= 15 is 0 Å². The number of fused-ring (bicyclic) bond motifs is 1. The Kier molecular flexibility index (Phi) is 5.45. The second kappa shape index (κ2) is 7.32. The van der Waals surface area contributed by atoms with E-state index in [0.717, 1.165) is 31.6 Å². The maximum atomic E-state index is 11.9. The molecule has 2 rings (SSSR count). The third-order valence-electron chi connectivity index (χ3n) is 3.83. The molecule has 0 saturated heterocycles. The molecule has 1 atom stereocenters. The van der Waals surface area contributed by atoms with Gasteiger partial charge in [0.25, 0.3) is 5.91 Å². The van der Waals surface area contributed by atoms with Crippen molar-refractivity contribution in [2.24, 2.45) is 0 Å². The number of nitrogens with one attached hydrogen (secondary N) is 1. The predicted molar refractivity (Wildman–Crippen MR) is 81.1 cm³/mol. The van der Waals surface area contributed by atoms with Gasteiger partial charge in [-0.1, -0.05) is 19.4 Å². The molecule has 1 aliphatic rings. The summed E-state index contributed by atoms with van der Waals surface area (Å²) in [5, 5.41) is 2.90. The minimum atomic E-state index is -0.437. The minimum absolute atomic E-state index is 0.0313. The molecule has 1 aliphatic carbocycles. The van der Waals surface area contributed by atoms with Gasteiger partial charge < -0.3 is 10.1 Å². The molecule has 1 aromatic rings. The van der Waals surface area contributed by atoms with Crippen LogP contribution in [0.25, 0.3) is 0 Å². The van der Waals surface area contributed by atoms with Crippen LogP contribution in [0.1, 0.15) is 50.7 Å². The van der Waals surface area contributed by atoms with Crippen LogP contribution in [0.3, 0.4) is 0 Å². The number of ether oxygens (including phenoxy) is 1. The fraction of sp³-hybridized carbons (Fsp3) is 0.588. The minimum Gasteiger partial charge on any atom is -0.481 e. The fourth-order valence-electron chi connectivity index (χ4n) is 2.57. The van der Waals surface area contributed by atoms with Gasteiger partial charge in [0.05, 0.1) is 0 Å². The maximum Gasteiger partial charge on any atom is 0.260 e. The van der Waals surface area contributed by atoms with Gasteiger partial charge in [-0.15, -0.1) is 0 Å². The SMILES string of the molecule is CCCCNC(=O)C(C)Oc1ccc2c(c1)CCCC2. The van der Waals surface area contributed by atoms with E-state index in [1.807, 2.05) is 6.07 Å². The number of rotatable bonds is 6. The summed E-state index contributed by atoms with van der Waals surface area (Å²) in [6.45, 7) is 4.65. The molecule has 1 amide bonds. The lowest BCUT2D eigenvalue weighted by Gasteiger charge is -2.19. The average Bonchev–Trinajstić information content (AvgIpc) is 2.47. The van der Waals surface area contributed by atoms with Gasteiger partial charge in [-0.25, -0.2) is 0 Å². The van der Waals surface area contributed by atoms with Crippen molar-refractivity contribution in [2.75, 3.05) is 6.54 Å². The number of benzene rings is 1. The number of aryl methyl sites for hydroxylation is 2. The first-order valence-corrected chi connectivity index (χ1v) is 7.77. The Hall–Kier alpha value is -1.51. The first kappa shape index (κ1) is 14.9. The van der Waals surface area contributed by atoms with Gasteiger partial charge in [-0.3, -0.25) is 4.79 Å². The van der Waals surface area contributed by atoms with Crippen LogP contribution in [0.2, 0.25) is 0 Å². The van der Waals surface area contributed by atoms with Crippen LogP contribution in [0, 0.1) is 0 Å². The van der Waals surface area contributed by atoms with E-state index < -0.39 is 6.10 Å². The standard InChI is InChI=1S/C17H25NO2/c1-3-4-11-18-17(19)13(2)20-16-10-9-14-7-5-6-8-15(14)12-16/h9-10,12-13H,3-8,11H2,1-2H3,(H,18,19). The van der Waals surface area contributed by atoms with E-state index in [2.05, 4.69) is 24.4 Å². The molecule has 110 valence electrons. The summed E-state index contributed by atoms with van der Waals surface area (Å²) in [6.07, 6.45) is 6.49. The summed E-state index contributed by atoms with van der Waals surface area (Å²) < 4.78 is 5.76. The summed E-state index contributed by atoms with van der Waals surface area (Å²) in [4.78, 5) is 11.9. The molecule has 0 aromatic heterocycles. The predicted octanol–water partition coefficient (Wildman–Crippen LogP) is 3.25. The highest BCUT2D eigenvalue weighted by molar-refractivity contribution is 5.80. The Balaban J connectivity index is 1.90. The molecule has 0 bridgehead atoms. The van der Waals surface area contributed by atoms with Crippen molar-refractivity contribution < 1.29 is 9.53 Å². The third kappa shape index (κ3) is 3.99. The van der Waals surface area contributed by atoms with Crippen molar-refractivity contribution >= 4 is 5.91 Å². The van der Waals surface area contributed by atoms with E-state index in [1.54, 1.807) is 6.92 Å². The summed E-state index contributed by atoms with van der Waals surface area (Å²) in [5.74, 6) is 0.778. The maximum absolute atomic E-state index is 11.9. The van der Waals surface area contributed by atoms with Crippen molar-refractivity contribution in [1.82, 2.24) is 5.32 Å². The van der Waals surface area contributed by atoms with Crippen molar-refractivity contribution in [3.05, 3.63) is 29.3 Å². The molecule has 20 heavy (non-hydrogen) atoms. The molecular weight excluding hydrogens is 250 g/mol. The molecule has 0 fully saturated rings. The zero-order chi connectivity index (χ0) is 14.4. The molecule has 0 spiro atoms. The number of hydrogen-bond acceptors (Lipinski definition) is 2. The van der Waals surface area contributed by atoms with E-state index in [0.29, 0.717) is 0 Å². The molecular formula is C17H25NO2. The van der Waals surface area contributed by atoms with Crippen LogP contribution in [0.4, 0.5) is 0 Å². The van der Waals surface area contributed by atoms with Crippen molar-refractivity contribution in [1.29, 1.82) is 0 Å². The fourth-order valence-corrected chi connectivity index (χ4v) is 2.57. The van der Waals surface area contributed by atoms with Gasteiger partial charge >= 0.3 is 0 Å². The summed E-state index contributed by atoms with van der Waals surface area (Å²) in [7, 11) is 0. The normalized spacial score (nSPS) is 15.3. The highest BCUT2D eigenvalue weighted by atomic mass is 16.5. The summed E-state index contributed by atoms with van der Waals surface area (Å²) >= 11 is 0. The Bertz CT molecular complexity index is 456. The molecule has 1 N–H and O–H groups in total. The monoisotopic (exact) mass is 275 g/mol. The lowest BCUT2D eigenvalue weighted by Crippen LogP contribution is -2.36. The molecule has 0 radical (unpaired) electrons. The Morgan fingerprint density at radius 2 is 2.05 bits per heavy atom. The number of hydrogen-bond donors (Lipinski definition) is 1. The quantitative estimate of drug-likeness (QED) is 0.809. The highest BCUT2D eigenvalue weighted by Gasteiger charge is 2.15. The van der Waals surface area contributed by atoms with E-state index in [-0.39, 0.29) is 5.91 Å². The van der Waals surface area contributed by atoms with Crippen LogP contribution < -0.4 is 10.1 Å². The molecule has 3 nitrogen and oxygen atoms in total. The number of carbonyl (C=O) groups is 1. The lowest BCUT2D eigenvalue weighted by atomic mass is 9.92. The van der Waals surface area contributed by atoms with Crippen LogP contribution in [-0.4, -0.2) is 18.6 Å². The Morgan fingerprint density at radius 3 is 2.80 bits per heavy atom. The Labute approximate surface area is 121 Å².